The molecular weight excluding hydrogens is 206 g/mol. The van der Waals surface area contributed by atoms with Crippen molar-refractivity contribution in [3.05, 3.63) is 0 Å². The van der Waals surface area contributed by atoms with Gasteiger partial charge >= 0.3 is 5.97 Å². The Morgan fingerprint density at radius 1 is 1.50 bits per heavy atom. The number of ether oxygens (including phenoxy) is 1. The summed E-state index contributed by atoms with van der Waals surface area (Å²) >= 11 is 0. The van der Waals surface area contributed by atoms with Crippen LogP contribution in [0.1, 0.15) is 20.3 Å². The van der Waals surface area contributed by atoms with Gasteiger partial charge in [0, 0.05) is 12.0 Å². The fraction of sp³-hybridized carbons (Fsp3) is 0.917. The molecule has 2 aliphatic heterocycles. The molecule has 0 saturated carbocycles. The van der Waals surface area contributed by atoms with Crippen molar-refractivity contribution in [1.29, 1.82) is 0 Å². The van der Waals surface area contributed by atoms with Gasteiger partial charge in [-0.1, -0.05) is 0 Å². The first kappa shape index (κ1) is 11.9. The van der Waals surface area contributed by atoms with E-state index in [9.17, 15) is 9.90 Å². The van der Waals surface area contributed by atoms with Crippen LogP contribution in [-0.4, -0.2) is 49.3 Å². The lowest BCUT2D eigenvalue weighted by Crippen LogP contribution is -2.60. The van der Waals surface area contributed by atoms with Crippen LogP contribution in [0.4, 0.5) is 0 Å². The first-order valence-electron chi connectivity index (χ1n) is 5.90. The number of hydrogen-bond donors (Lipinski definition) is 1. The quantitative estimate of drug-likeness (QED) is 0.783. The van der Waals surface area contributed by atoms with Crippen molar-refractivity contribution in [3.8, 4) is 0 Å². The summed E-state index contributed by atoms with van der Waals surface area (Å²) in [6.07, 6.45) is 1.09. The van der Waals surface area contributed by atoms with Crippen LogP contribution >= 0.6 is 0 Å². The van der Waals surface area contributed by atoms with Gasteiger partial charge in [0.05, 0.1) is 18.6 Å². The van der Waals surface area contributed by atoms with Crippen molar-refractivity contribution in [2.75, 3.05) is 33.4 Å². The number of carbonyl (C=O) groups is 1. The van der Waals surface area contributed by atoms with Crippen LogP contribution in [-0.2, 0) is 9.53 Å². The Labute approximate surface area is 96.6 Å². The fourth-order valence-corrected chi connectivity index (χ4v) is 3.03. The van der Waals surface area contributed by atoms with Crippen LogP contribution in [0.3, 0.4) is 0 Å². The van der Waals surface area contributed by atoms with E-state index in [0.717, 1.165) is 19.5 Å². The molecule has 2 rings (SSSR count). The maximum Gasteiger partial charge on any atom is 0.309 e. The lowest BCUT2D eigenvalue weighted by atomic mass is 9.57. The zero-order valence-corrected chi connectivity index (χ0v) is 10.3. The molecule has 4 nitrogen and oxygen atoms in total. The molecule has 4 heteroatoms. The summed E-state index contributed by atoms with van der Waals surface area (Å²) in [5.41, 5.74) is -0.856. The number of nitrogens with zero attached hydrogens (tertiary/aromatic N) is 1. The highest BCUT2D eigenvalue weighted by Gasteiger charge is 2.59. The van der Waals surface area contributed by atoms with Gasteiger partial charge in [0.2, 0.25) is 0 Å². The minimum Gasteiger partial charge on any atom is -0.481 e. The number of carboxylic acids is 1. The second kappa shape index (κ2) is 3.70. The molecule has 0 aromatic heterocycles. The van der Waals surface area contributed by atoms with Crippen LogP contribution < -0.4 is 0 Å². The molecule has 92 valence electrons. The van der Waals surface area contributed by atoms with Crippen LogP contribution in [0.15, 0.2) is 0 Å². The summed E-state index contributed by atoms with van der Waals surface area (Å²) < 4.78 is 5.34. The van der Waals surface area contributed by atoms with E-state index in [2.05, 4.69) is 11.9 Å². The van der Waals surface area contributed by atoms with Gasteiger partial charge in [-0.05, 0) is 39.8 Å². The summed E-state index contributed by atoms with van der Waals surface area (Å²) in [5, 5.41) is 9.40. The van der Waals surface area contributed by atoms with E-state index in [1.807, 2.05) is 13.8 Å². The Bertz CT molecular complexity index is 297. The van der Waals surface area contributed by atoms with Crippen LogP contribution in [0.2, 0.25) is 0 Å². The second-order valence-corrected chi connectivity index (χ2v) is 5.83. The van der Waals surface area contributed by atoms with Crippen LogP contribution in [0.5, 0.6) is 0 Å². The van der Waals surface area contributed by atoms with Crippen molar-refractivity contribution in [2.24, 2.45) is 16.7 Å². The number of hydrogen-bond acceptors (Lipinski definition) is 3. The molecule has 0 radical (unpaired) electrons. The Balaban J connectivity index is 2.22. The molecule has 16 heavy (non-hydrogen) atoms. The maximum atomic E-state index is 11.4. The Morgan fingerprint density at radius 3 is 2.44 bits per heavy atom. The van der Waals surface area contributed by atoms with E-state index in [4.69, 9.17) is 4.74 Å². The number of aliphatic carboxylic acids is 1. The van der Waals surface area contributed by atoms with Gasteiger partial charge in [0.1, 0.15) is 0 Å². The van der Waals surface area contributed by atoms with Gasteiger partial charge in [0.15, 0.2) is 0 Å². The van der Waals surface area contributed by atoms with Gasteiger partial charge in [-0.15, -0.1) is 0 Å². The highest BCUT2D eigenvalue weighted by atomic mass is 16.5. The molecule has 0 aliphatic carbocycles. The van der Waals surface area contributed by atoms with Crippen molar-refractivity contribution < 1.29 is 14.6 Å². The monoisotopic (exact) mass is 227 g/mol. The smallest absolute Gasteiger partial charge is 0.309 e. The molecule has 1 unspecified atom stereocenters. The van der Waals surface area contributed by atoms with E-state index < -0.39 is 11.4 Å². The number of likely N-dealkylation sites (tertiary alicyclic amines) is 1. The normalized spacial score (nSPS) is 30.1. The van der Waals surface area contributed by atoms with E-state index >= 15 is 0 Å². The van der Waals surface area contributed by atoms with Gasteiger partial charge in [-0.3, -0.25) is 4.79 Å². The number of carboxylic acid groups (broad SMARTS) is 1. The first-order chi connectivity index (χ1) is 7.40. The molecule has 0 spiro atoms. The standard InChI is InChI=1S/C12H21NO3/c1-11(2,10(14)15)12(7-16-8-12)9-4-5-13(3)6-9/h9H,4-8H2,1-3H3,(H,14,15). The minimum absolute atomic E-state index is 0.163. The third kappa shape index (κ3) is 1.47. The van der Waals surface area contributed by atoms with Gasteiger partial charge in [0.25, 0.3) is 0 Å². The lowest BCUT2D eigenvalue weighted by molar-refractivity contribution is -0.215. The zero-order valence-electron chi connectivity index (χ0n) is 10.3. The predicted molar refractivity (Wildman–Crippen MR) is 60.3 cm³/mol. The average Bonchev–Trinajstić information content (AvgIpc) is 2.49. The summed E-state index contributed by atoms with van der Waals surface area (Å²) in [6, 6.07) is 0. The summed E-state index contributed by atoms with van der Waals surface area (Å²) in [5.74, 6) is -0.247. The molecule has 0 bridgehead atoms. The second-order valence-electron chi connectivity index (χ2n) is 5.83. The van der Waals surface area contributed by atoms with E-state index in [1.165, 1.54) is 0 Å². The molecule has 2 aliphatic rings. The molecule has 0 amide bonds. The summed E-state index contributed by atoms with van der Waals surface area (Å²) in [4.78, 5) is 13.7. The molecule has 0 aromatic rings. The van der Waals surface area contributed by atoms with Gasteiger partial charge < -0.3 is 14.7 Å². The molecule has 2 heterocycles. The lowest BCUT2D eigenvalue weighted by Gasteiger charge is -2.53. The predicted octanol–water partition coefficient (Wildman–Crippen LogP) is 1.07. The topological polar surface area (TPSA) is 49.8 Å². The van der Waals surface area contributed by atoms with E-state index in [1.54, 1.807) is 0 Å². The van der Waals surface area contributed by atoms with Crippen molar-refractivity contribution in [3.63, 3.8) is 0 Å². The minimum atomic E-state index is -0.703. The third-order valence-electron chi connectivity index (χ3n) is 4.67. The van der Waals surface area contributed by atoms with Crippen LogP contribution in [0, 0.1) is 16.7 Å². The molecule has 2 fully saturated rings. The molecular formula is C12H21NO3. The molecule has 0 aromatic carbocycles. The van der Waals surface area contributed by atoms with Gasteiger partial charge in [-0.2, -0.15) is 0 Å². The molecule has 1 atom stereocenters. The first-order valence-corrected chi connectivity index (χ1v) is 5.90. The van der Waals surface area contributed by atoms with Crippen molar-refractivity contribution >= 4 is 5.97 Å². The summed E-state index contributed by atoms with van der Waals surface area (Å²) in [7, 11) is 2.10. The van der Waals surface area contributed by atoms with E-state index in [0.29, 0.717) is 19.1 Å². The van der Waals surface area contributed by atoms with Crippen LogP contribution in [0.25, 0.3) is 0 Å². The van der Waals surface area contributed by atoms with E-state index in [-0.39, 0.29) is 5.41 Å². The zero-order chi connectivity index (χ0) is 12.0. The van der Waals surface area contributed by atoms with Crippen molar-refractivity contribution in [1.82, 2.24) is 4.90 Å². The number of rotatable bonds is 3. The summed E-state index contributed by atoms with van der Waals surface area (Å²) in [6.45, 7) is 6.96. The largest absolute Gasteiger partial charge is 0.481 e. The van der Waals surface area contributed by atoms with Gasteiger partial charge in [-0.25, -0.2) is 0 Å². The molecule has 2 saturated heterocycles. The van der Waals surface area contributed by atoms with Crippen molar-refractivity contribution in [2.45, 2.75) is 20.3 Å². The Morgan fingerprint density at radius 2 is 2.12 bits per heavy atom. The highest BCUT2D eigenvalue weighted by molar-refractivity contribution is 5.75. The third-order valence-corrected chi connectivity index (χ3v) is 4.67. The highest BCUT2D eigenvalue weighted by Crippen LogP contribution is 2.53. The maximum absolute atomic E-state index is 11.4. The average molecular weight is 227 g/mol. The Hall–Kier alpha value is -0.610. The molecule has 1 N–H and O–H groups in total. The Kier molecular flexibility index (Phi) is 2.75. The SMILES string of the molecule is CN1CCC(C2(C(C)(C)C(=O)O)COC2)C1. The fourth-order valence-electron chi connectivity index (χ4n) is 3.03.